The topological polar surface area (TPSA) is 88.2 Å². The molecule has 0 saturated carbocycles. The van der Waals surface area contributed by atoms with Crippen molar-refractivity contribution in [1.29, 1.82) is 0 Å². The van der Waals surface area contributed by atoms with Gasteiger partial charge in [0.1, 0.15) is 0 Å². The highest BCUT2D eigenvalue weighted by molar-refractivity contribution is 7.90. The van der Waals surface area contributed by atoms with Crippen LogP contribution in [-0.4, -0.2) is 25.6 Å². The van der Waals surface area contributed by atoms with Gasteiger partial charge in [-0.2, -0.15) is 0 Å². The van der Waals surface area contributed by atoms with Crippen LogP contribution < -0.4 is 10.9 Å². The second-order valence-electron chi connectivity index (χ2n) is 5.83. The molecular weight excluding hydrogens is 358 g/mol. The highest BCUT2D eigenvalue weighted by Crippen LogP contribution is 2.29. The molecule has 2 N–H and O–H groups in total. The highest BCUT2D eigenvalue weighted by atomic mass is 32.2. The summed E-state index contributed by atoms with van der Waals surface area (Å²) in [5, 5.41) is 0.566. The second kappa shape index (κ2) is 6.45. The largest absolute Gasteiger partial charge is 0.273 e. The lowest BCUT2D eigenvalue weighted by molar-refractivity contribution is 0.0962. The van der Waals surface area contributed by atoms with E-state index in [1.54, 1.807) is 6.07 Å². The van der Waals surface area contributed by atoms with Crippen LogP contribution in [0.5, 0.6) is 0 Å². The predicted octanol–water partition coefficient (Wildman–Crippen LogP) is 3.07. The molecule has 0 aliphatic rings. The quantitative estimate of drug-likeness (QED) is 0.684. The maximum absolute atomic E-state index is 12.2. The average Bonchev–Trinajstić information content (AvgIpc) is 2.95. The normalized spacial score (nSPS) is 11.5. The summed E-state index contributed by atoms with van der Waals surface area (Å²) < 4.78 is 24.2. The van der Waals surface area contributed by atoms with Crippen molar-refractivity contribution >= 4 is 42.4 Å². The number of nitrogens with zero attached hydrogens (tertiary/aromatic N) is 1. The van der Waals surface area contributed by atoms with Crippen LogP contribution in [0, 0.1) is 13.8 Å². The minimum absolute atomic E-state index is 0.103. The lowest BCUT2D eigenvalue weighted by Crippen LogP contribution is -2.29. The summed E-state index contributed by atoms with van der Waals surface area (Å²) >= 11 is 1.44. The summed E-state index contributed by atoms with van der Waals surface area (Å²) in [6, 6.07) is 9.96. The molecule has 1 amide bonds. The van der Waals surface area contributed by atoms with Crippen LogP contribution in [0.4, 0.5) is 5.13 Å². The number of benzene rings is 2. The molecule has 0 radical (unpaired) electrons. The number of hydrogen-bond acceptors (Lipinski definition) is 6. The molecule has 2 aromatic carbocycles. The van der Waals surface area contributed by atoms with Crippen molar-refractivity contribution in [3.05, 3.63) is 53.1 Å². The zero-order valence-electron chi connectivity index (χ0n) is 14.0. The molecule has 25 heavy (non-hydrogen) atoms. The number of anilines is 1. The van der Waals surface area contributed by atoms with E-state index < -0.39 is 15.7 Å². The van der Waals surface area contributed by atoms with E-state index in [9.17, 15) is 13.2 Å². The van der Waals surface area contributed by atoms with Gasteiger partial charge >= 0.3 is 0 Å². The Morgan fingerprint density at radius 2 is 1.92 bits per heavy atom. The molecule has 3 rings (SSSR count). The molecule has 6 nitrogen and oxygen atoms in total. The van der Waals surface area contributed by atoms with Crippen molar-refractivity contribution in [1.82, 2.24) is 10.4 Å². The molecule has 0 saturated heterocycles. The third kappa shape index (κ3) is 3.80. The lowest BCUT2D eigenvalue weighted by Gasteiger charge is -2.06. The summed E-state index contributed by atoms with van der Waals surface area (Å²) in [6.45, 7) is 4.03. The third-order valence-electron chi connectivity index (χ3n) is 3.63. The maximum atomic E-state index is 12.2. The molecule has 0 aliphatic heterocycles. The lowest BCUT2D eigenvalue weighted by atomic mass is 10.1. The summed E-state index contributed by atoms with van der Waals surface area (Å²) in [7, 11) is -3.36. The summed E-state index contributed by atoms with van der Waals surface area (Å²) in [5.41, 5.74) is 8.74. The molecule has 0 atom stereocenters. The number of aromatic nitrogens is 1. The van der Waals surface area contributed by atoms with Gasteiger partial charge in [-0.25, -0.2) is 13.4 Å². The van der Waals surface area contributed by atoms with Crippen molar-refractivity contribution in [3.63, 3.8) is 0 Å². The molecule has 130 valence electrons. The van der Waals surface area contributed by atoms with Gasteiger partial charge in [-0.3, -0.25) is 15.6 Å². The van der Waals surface area contributed by atoms with E-state index in [4.69, 9.17) is 0 Å². The van der Waals surface area contributed by atoms with Gasteiger partial charge in [0, 0.05) is 11.8 Å². The van der Waals surface area contributed by atoms with Crippen LogP contribution in [0.2, 0.25) is 0 Å². The predicted molar refractivity (Wildman–Crippen MR) is 99.7 cm³/mol. The SMILES string of the molecule is Cc1cc(C)c2sc(NNC(=O)c3cccc(S(C)(=O)=O)c3)nc2c1. The number of amides is 1. The number of nitrogens with one attached hydrogen (secondary N) is 2. The van der Waals surface area contributed by atoms with Crippen LogP contribution in [0.15, 0.2) is 41.3 Å². The number of hydrazine groups is 1. The number of hydrogen-bond donors (Lipinski definition) is 2. The Morgan fingerprint density at radius 1 is 1.16 bits per heavy atom. The number of carbonyl (C=O) groups excluding carboxylic acids is 1. The van der Waals surface area contributed by atoms with Gasteiger partial charge < -0.3 is 0 Å². The van der Waals surface area contributed by atoms with E-state index in [1.165, 1.54) is 29.5 Å². The monoisotopic (exact) mass is 375 g/mol. The van der Waals surface area contributed by atoms with E-state index in [0.717, 1.165) is 27.6 Å². The smallest absolute Gasteiger partial charge is 0.269 e. The van der Waals surface area contributed by atoms with Gasteiger partial charge in [0.2, 0.25) is 5.13 Å². The van der Waals surface area contributed by atoms with Crippen LogP contribution in [0.1, 0.15) is 21.5 Å². The van der Waals surface area contributed by atoms with Gasteiger partial charge in [0.05, 0.1) is 15.1 Å². The van der Waals surface area contributed by atoms with Gasteiger partial charge in [-0.05, 0) is 49.2 Å². The van der Waals surface area contributed by atoms with E-state index >= 15 is 0 Å². The molecule has 0 spiro atoms. The number of aryl methyl sites for hydroxylation is 2. The van der Waals surface area contributed by atoms with Crippen molar-refractivity contribution in [2.75, 3.05) is 11.7 Å². The first-order chi connectivity index (χ1) is 11.7. The number of thiazole rings is 1. The molecule has 1 aromatic heterocycles. The molecule has 0 bridgehead atoms. The van der Waals surface area contributed by atoms with Crippen molar-refractivity contribution in [2.45, 2.75) is 18.7 Å². The van der Waals surface area contributed by atoms with E-state index in [2.05, 4.69) is 21.9 Å². The van der Waals surface area contributed by atoms with E-state index in [-0.39, 0.29) is 10.5 Å². The average molecular weight is 375 g/mol. The Bertz CT molecular complexity index is 1070. The molecule has 3 aromatic rings. The first-order valence-electron chi connectivity index (χ1n) is 7.48. The number of sulfone groups is 1. The molecule has 1 heterocycles. The van der Waals surface area contributed by atoms with Gasteiger partial charge in [-0.15, -0.1) is 0 Å². The van der Waals surface area contributed by atoms with Crippen LogP contribution in [0.25, 0.3) is 10.2 Å². The number of carbonyl (C=O) groups is 1. The van der Waals surface area contributed by atoms with Crippen molar-refractivity contribution in [3.8, 4) is 0 Å². The Labute approximate surface area is 149 Å². The summed E-state index contributed by atoms with van der Waals surface area (Å²) in [4.78, 5) is 16.8. The second-order valence-corrected chi connectivity index (χ2v) is 8.84. The molecular formula is C17H17N3O3S2. The maximum Gasteiger partial charge on any atom is 0.269 e. The third-order valence-corrected chi connectivity index (χ3v) is 5.86. The Morgan fingerprint density at radius 3 is 2.64 bits per heavy atom. The van der Waals surface area contributed by atoms with Crippen LogP contribution in [0.3, 0.4) is 0 Å². The van der Waals surface area contributed by atoms with Crippen molar-refractivity contribution < 1.29 is 13.2 Å². The van der Waals surface area contributed by atoms with E-state index in [0.29, 0.717) is 5.13 Å². The van der Waals surface area contributed by atoms with Crippen LogP contribution in [-0.2, 0) is 9.84 Å². The number of rotatable bonds is 4. The zero-order chi connectivity index (χ0) is 18.2. The molecule has 0 aliphatic carbocycles. The van der Waals surface area contributed by atoms with Gasteiger partial charge in [0.15, 0.2) is 9.84 Å². The Kier molecular flexibility index (Phi) is 4.49. The van der Waals surface area contributed by atoms with Crippen LogP contribution >= 0.6 is 11.3 Å². The van der Waals surface area contributed by atoms with Gasteiger partial charge in [0.25, 0.3) is 5.91 Å². The standard InChI is InChI=1S/C17H17N3O3S2/c1-10-7-11(2)15-14(8-10)18-17(24-15)20-19-16(21)12-5-4-6-13(9-12)25(3,22)23/h4-9H,1-3H3,(H,18,20)(H,19,21). The Hall–Kier alpha value is -2.45. The molecule has 8 heteroatoms. The summed E-state index contributed by atoms with van der Waals surface area (Å²) in [6.07, 6.45) is 1.10. The van der Waals surface area contributed by atoms with E-state index in [1.807, 2.05) is 19.9 Å². The van der Waals surface area contributed by atoms with Crippen molar-refractivity contribution in [2.24, 2.45) is 0 Å². The first-order valence-corrected chi connectivity index (χ1v) is 10.2. The fourth-order valence-electron chi connectivity index (χ4n) is 2.48. The van der Waals surface area contributed by atoms with Gasteiger partial charge in [-0.1, -0.05) is 23.5 Å². The fourth-order valence-corrected chi connectivity index (χ4v) is 4.02. The highest BCUT2D eigenvalue weighted by Gasteiger charge is 2.12. The number of fused-ring (bicyclic) bond motifs is 1. The Balaban J connectivity index is 1.78. The fraction of sp³-hybridized carbons (Fsp3) is 0.176. The minimum atomic E-state index is -3.36. The summed E-state index contributed by atoms with van der Waals surface area (Å²) in [5.74, 6) is -0.433. The zero-order valence-corrected chi connectivity index (χ0v) is 15.6. The first kappa shape index (κ1) is 17.4. The molecule has 0 unspecified atom stereocenters. The minimum Gasteiger partial charge on any atom is -0.273 e. The molecule has 0 fully saturated rings.